The Balaban J connectivity index is 0.00000180. The Labute approximate surface area is 135 Å². The first-order valence-electron chi connectivity index (χ1n) is 7.42. The standard InChI is InChI=1S/C14H27N3O.2ClH/c1-11-3-5-13(6-4-11)16-14(18)12(2)17-9-7-15-8-10-17;;/h11-13,15H,3-10H2,1-2H3,(H,16,18);2*1H. The third-order valence-electron chi connectivity index (χ3n) is 4.44. The SMILES string of the molecule is CC1CCC(NC(=O)C(C)N2CCNCC2)CC1.Cl.Cl. The molecule has 1 aliphatic heterocycles. The molecular weight excluding hydrogens is 297 g/mol. The van der Waals surface area contributed by atoms with E-state index in [0.717, 1.165) is 44.9 Å². The van der Waals surface area contributed by atoms with Crippen LogP contribution in [0.15, 0.2) is 0 Å². The lowest BCUT2D eigenvalue weighted by molar-refractivity contribution is -0.127. The molecular formula is C14H29Cl2N3O. The zero-order valence-corrected chi connectivity index (χ0v) is 14.2. The molecule has 0 bridgehead atoms. The van der Waals surface area contributed by atoms with Crippen molar-refractivity contribution in [2.45, 2.75) is 51.6 Å². The molecule has 1 saturated carbocycles. The average molecular weight is 326 g/mol. The van der Waals surface area contributed by atoms with Gasteiger partial charge in [0.15, 0.2) is 0 Å². The fraction of sp³-hybridized carbons (Fsp3) is 0.929. The smallest absolute Gasteiger partial charge is 0.237 e. The lowest BCUT2D eigenvalue weighted by Gasteiger charge is -2.34. The number of carbonyl (C=O) groups excluding carboxylic acids is 1. The van der Waals surface area contributed by atoms with E-state index in [0.29, 0.717) is 6.04 Å². The highest BCUT2D eigenvalue weighted by Gasteiger charge is 2.26. The van der Waals surface area contributed by atoms with E-state index in [4.69, 9.17) is 0 Å². The van der Waals surface area contributed by atoms with Gasteiger partial charge < -0.3 is 10.6 Å². The van der Waals surface area contributed by atoms with Crippen molar-refractivity contribution in [3.05, 3.63) is 0 Å². The van der Waals surface area contributed by atoms with Crippen molar-refractivity contribution < 1.29 is 4.79 Å². The quantitative estimate of drug-likeness (QED) is 0.831. The molecule has 2 aliphatic rings. The summed E-state index contributed by atoms with van der Waals surface area (Å²) in [5.41, 5.74) is 0. The topological polar surface area (TPSA) is 44.4 Å². The van der Waals surface area contributed by atoms with Gasteiger partial charge in [-0.1, -0.05) is 6.92 Å². The van der Waals surface area contributed by atoms with Crippen molar-refractivity contribution in [2.24, 2.45) is 5.92 Å². The maximum atomic E-state index is 12.2. The van der Waals surface area contributed by atoms with Crippen LogP contribution < -0.4 is 10.6 Å². The first-order valence-corrected chi connectivity index (χ1v) is 7.42. The molecule has 0 spiro atoms. The van der Waals surface area contributed by atoms with Gasteiger partial charge in [-0.2, -0.15) is 0 Å². The van der Waals surface area contributed by atoms with E-state index in [1.165, 1.54) is 12.8 Å². The molecule has 1 aliphatic carbocycles. The largest absolute Gasteiger partial charge is 0.352 e. The molecule has 0 aromatic rings. The molecule has 1 amide bonds. The third kappa shape index (κ3) is 5.76. The van der Waals surface area contributed by atoms with Gasteiger partial charge in [-0.25, -0.2) is 0 Å². The zero-order chi connectivity index (χ0) is 13.0. The minimum Gasteiger partial charge on any atom is -0.352 e. The van der Waals surface area contributed by atoms with E-state index < -0.39 is 0 Å². The predicted octanol–water partition coefficient (Wildman–Crippen LogP) is 1.82. The van der Waals surface area contributed by atoms with Crippen LogP contribution in [0.3, 0.4) is 0 Å². The second-order valence-corrected chi connectivity index (χ2v) is 5.93. The highest BCUT2D eigenvalue weighted by Crippen LogP contribution is 2.23. The second kappa shape index (κ2) is 9.82. The highest BCUT2D eigenvalue weighted by molar-refractivity contribution is 5.85. The fourth-order valence-corrected chi connectivity index (χ4v) is 2.96. The molecule has 2 N–H and O–H groups in total. The first-order chi connectivity index (χ1) is 8.66. The van der Waals surface area contributed by atoms with Crippen molar-refractivity contribution in [3.8, 4) is 0 Å². The van der Waals surface area contributed by atoms with Gasteiger partial charge in [0.1, 0.15) is 0 Å². The molecule has 1 atom stereocenters. The average Bonchev–Trinajstić information content (AvgIpc) is 2.41. The summed E-state index contributed by atoms with van der Waals surface area (Å²) in [5, 5.41) is 6.56. The summed E-state index contributed by atoms with van der Waals surface area (Å²) in [6, 6.07) is 0.436. The third-order valence-corrected chi connectivity index (χ3v) is 4.44. The number of amides is 1. The van der Waals surface area contributed by atoms with Gasteiger partial charge in [-0.05, 0) is 38.5 Å². The number of hydrogen-bond donors (Lipinski definition) is 2. The number of nitrogens with one attached hydrogen (secondary N) is 2. The Morgan fingerprint density at radius 2 is 1.70 bits per heavy atom. The fourth-order valence-electron chi connectivity index (χ4n) is 2.96. The Kier molecular flexibility index (Phi) is 9.81. The zero-order valence-electron chi connectivity index (χ0n) is 12.6. The normalized spacial score (nSPS) is 28.7. The van der Waals surface area contributed by atoms with Crippen LogP contribution in [-0.4, -0.2) is 49.1 Å². The summed E-state index contributed by atoms with van der Waals surface area (Å²) < 4.78 is 0. The molecule has 6 heteroatoms. The minimum atomic E-state index is 0. The number of hydrogen-bond acceptors (Lipinski definition) is 3. The maximum absolute atomic E-state index is 12.2. The molecule has 1 heterocycles. The molecule has 2 fully saturated rings. The molecule has 1 saturated heterocycles. The van der Waals surface area contributed by atoms with Gasteiger partial charge in [0.2, 0.25) is 5.91 Å². The minimum absolute atomic E-state index is 0. The summed E-state index contributed by atoms with van der Waals surface area (Å²) in [6.07, 6.45) is 4.82. The van der Waals surface area contributed by atoms with E-state index >= 15 is 0 Å². The van der Waals surface area contributed by atoms with Gasteiger partial charge in [0, 0.05) is 32.2 Å². The van der Waals surface area contributed by atoms with E-state index in [-0.39, 0.29) is 36.8 Å². The summed E-state index contributed by atoms with van der Waals surface area (Å²) in [5.74, 6) is 1.06. The monoisotopic (exact) mass is 325 g/mol. The number of halogens is 2. The highest BCUT2D eigenvalue weighted by atomic mass is 35.5. The molecule has 0 aromatic carbocycles. The number of rotatable bonds is 3. The Bertz CT molecular complexity index is 278. The molecule has 0 aromatic heterocycles. The number of carbonyl (C=O) groups is 1. The van der Waals surface area contributed by atoms with Crippen molar-refractivity contribution >= 4 is 30.7 Å². The van der Waals surface area contributed by atoms with Gasteiger partial charge in [0.05, 0.1) is 6.04 Å². The van der Waals surface area contributed by atoms with Gasteiger partial charge in [-0.15, -0.1) is 24.8 Å². The molecule has 120 valence electrons. The summed E-state index contributed by atoms with van der Waals surface area (Å²) >= 11 is 0. The van der Waals surface area contributed by atoms with Crippen molar-refractivity contribution in [1.29, 1.82) is 0 Å². The summed E-state index contributed by atoms with van der Waals surface area (Å²) in [7, 11) is 0. The number of piperazine rings is 1. The lowest BCUT2D eigenvalue weighted by Crippen LogP contribution is -2.54. The lowest BCUT2D eigenvalue weighted by atomic mass is 9.87. The molecule has 2 rings (SSSR count). The van der Waals surface area contributed by atoms with E-state index in [2.05, 4.69) is 22.5 Å². The van der Waals surface area contributed by atoms with Crippen LogP contribution in [0, 0.1) is 5.92 Å². The van der Waals surface area contributed by atoms with Crippen molar-refractivity contribution in [1.82, 2.24) is 15.5 Å². The Morgan fingerprint density at radius 3 is 2.25 bits per heavy atom. The Hall–Kier alpha value is -0.0300. The predicted molar refractivity (Wildman–Crippen MR) is 88.0 cm³/mol. The maximum Gasteiger partial charge on any atom is 0.237 e. The summed E-state index contributed by atoms with van der Waals surface area (Å²) in [6.45, 7) is 8.30. The first kappa shape index (κ1) is 20.0. The summed E-state index contributed by atoms with van der Waals surface area (Å²) in [4.78, 5) is 14.5. The van der Waals surface area contributed by atoms with Crippen LogP contribution in [0.1, 0.15) is 39.5 Å². The van der Waals surface area contributed by atoms with E-state index in [1.807, 2.05) is 6.92 Å². The Morgan fingerprint density at radius 1 is 1.15 bits per heavy atom. The van der Waals surface area contributed by atoms with Crippen LogP contribution in [0.25, 0.3) is 0 Å². The second-order valence-electron chi connectivity index (χ2n) is 5.93. The van der Waals surface area contributed by atoms with Gasteiger partial charge in [-0.3, -0.25) is 9.69 Å². The van der Waals surface area contributed by atoms with Gasteiger partial charge in [0.25, 0.3) is 0 Å². The van der Waals surface area contributed by atoms with E-state index in [9.17, 15) is 4.79 Å². The number of nitrogens with zero attached hydrogens (tertiary/aromatic N) is 1. The van der Waals surface area contributed by atoms with Crippen LogP contribution in [0.5, 0.6) is 0 Å². The van der Waals surface area contributed by atoms with Crippen molar-refractivity contribution in [2.75, 3.05) is 26.2 Å². The molecule has 0 radical (unpaired) electrons. The van der Waals surface area contributed by atoms with Crippen LogP contribution in [0.2, 0.25) is 0 Å². The van der Waals surface area contributed by atoms with Crippen molar-refractivity contribution in [3.63, 3.8) is 0 Å². The van der Waals surface area contributed by atoms with Gasteiger partial charge >= 0.3 is 0 Å². The van der Waals surface area contributed by atoms with Crippen LogP contribution >= 0.6 is 24.8 Å². The molecule has 1 unspecified atom stereocenters. The van der Waals surface area contributed by atoms with Crippen LogP contribution in [0.4, 0.5) is 0 Å². The molecule has 4 nitrogen and oxygen atoms in total. The molecule has 20 heavy (non-hydrogen) atoms. The van der Waals surface area contributed by atoms with E-state index in [1.54, 1.807) is 0 Å². The van der Waals surface area contributed by atoms with Crippen LogP contribution in [-0.2, 0) is 4.79 Å².